The summed E-state index contributed by atoms with van der Waals surface area (Å²) in [5.41, 5.74) is 1.20. The predicted octanol–water partition coefficient (Wildman–Crippen LogP) is 0.928. The number of rotatable bonds is 5. The van der Waals surface area contributed by atoms with Crippen LogP contribution in [0.4, 0.5) is 0 Å². The van der Waals surface area contributed by atoms with Gasteiger partial charge in [0.05, 0.1) is 25.3 Å². The molecule has 4 rings (SSSR count). The lowest BCUT2D eigenvalue weighted by Gasteiger charge is -2.41. The number of benzene rings is 2. The Balaban J connectivity index is 1.56. The molecule has 0 aliphatic carbocycles. The van der Waals surface area contributed by atoms with Gasteiger partial charge in [-0.05, 0) is 61.4 Å². The molecule has 36 heavy (non-hydrogen) atoms. The normalized spacial score (nSPS) is 19.6. The summed E-state index contributed by atoms with van der Waals surface area (Å²) in [5, 5.41) is 14.5. The van der Waals surface area contributed by atoms with Crippen molar-refractivity contribution in [1.82, 2.24) is 20.4 Å². The van der Waals surface area contributed by atoms with Gasteiger partial charge in [0.2, 0.25) is 11.8 Å². The molecule has 2 atom stereocenters. The molecule has 0 spiro atoms. The molecule has 2 aromatic rings. The number of carbonyl (C=O) groups excluding carboxylic acids is 4. The average molecular weight is 490 g/mol. The maximum atomic E-state index is 13.4. The fourth-order valence-corrected chi connectivity index (χ4v) is 4.38. The van der Waals surface area contributed by atoms with Crippen LogP contribution in [0.15, 0.2) is 48.5 Å². The smallest absolute Gasteiger partial charge is 0.254 e. The topological polar surface area (TPSA) is 132 Å². The van der Waals surface area contributed by atoms with Crippen molar-refractivity contribution in [2.24, 2.45) is 0 Å². The molecule has 2 saturated heterocycles. The maximum Gasteiger partial charge on any atom is 0.254 e. The Hall–Kier alpha value is -4.39. The van der Waals surface area contributed by atoms with Crippen LogP contribution in [0, 0.1) is 11.3 Å². The van der Waals surface area contributed by atoms with Crippen LogP contribution in [-0.4, -0.2) is 78.8 Å². The van der Waals surface area contributed by atoms with Crippen molar-refractivity contribution in [3.8, 4) is 11.8 Å². The lowest BCUT2D eigenvalue weighted by molar-refractivity contribution is -0.133. The lowest BCUT2D eigenvalue weighted by atomic mass is 10.0. The van der Waals surface area contributed by atoms with E-state index in [-0.39, 0.29) is 37.4 Å². The Kier molecular flexibility index (Phi) is 7.49. The number of piperazine rings is 1. The Bertz CT molecular complexity index is 1190. The van der Waals surface area contributed by atoms with Crippen LogP contribution in [0.5, 0.6) is 5.75 Å². The Labute approximate surface area is 208 Å². The standard InChI is InChI=1S/C26H27N5O5/c1-36-20-10-8-19(9-11-20)26(35)31-14-13-30(25(34)18-6-4-17(15-27)5-7-18)16-22(31)24(33)29-21-3-2-12-28-23(21)32/h4-11,21-22H,2-3,12-14,16H2,1H3,(H,28,32)(H,29,33)/t21-,22+/m0/s1. The van der Waals surface area contributed by atoms with Gasteiger partial charge in [-0.25, -0.2) is 0 Å². The van der Waals surface area contributed by atoms with Crippen molar-refractivity contribution in [3.05, 3.63) is 65.2 Å². The number of hydrogen-bond acceptors (Lipinski definition) is 6. The van der Waals surface area contributed by atoms with E-state index in [9.17, 15) is 19.2 Å². The summed E-state index contributed by atoms with van der Waals surface area (Å²) < 4.78 is 5.16. The van der Waals surface area contributed by atoms with Crippen LogP contribution < -0.4 is 15.4 Å². The zero-order chi connectivity index (χ0) is 25.7. The third-order valence-electron chi connectivity index (χ3n) is 6.43. The van der Waals surface area contributed by atoms with Crippen molar-refractivity contribution in [2.75, 3.05) is 33.3 Å². The van der Waals surface area contributed by atoms with Gasteiger partial charge in [-0.1, -0.05) is 0 Å². The number of nitrogens with zero attached hydrogens (tertiary/aromatic N) is 3. The number of nitrogens with one attached hydrogen (secondary N) is 2. The minimum Gasteiger partial charge on any atom is -0.497 e. The van der Waals surface area contributed by atoms with E-state index < -0.39 is 18.0 Å². The molecule has 10 nitrogen and oxygen atoms in total. The molecule has 10 heteroatoms. The quantitative estimate of drug-likeness (QED) is 0.642. The van der Waals surface area contributed by atoms with Crippen molar-refractivity contribution in [1.29, 1.82) is 5.26 Å². The first-order valence-electron chi connectivity index (χ1n) is 11.7. The number of hydrogen-bond donors (Lipinski definition) is 2. The van der Waals surface area contributed by atoms with Gasteiger partial charge < -0.3 is 25.2 Å². The van der Waals surface area contributed by atoms with Crippen LogP contribution in [0.3, 0.4) is 0 Å². The van der Waals surface area contributed by atoms with Crippen LogP contribution in [0.2, 0.25) is 0 Å². The fraction of sp³-hybridized carbons (Fsp3) is 0.346. The molecule has 2 N–H and O–H groups in total. The van der Waals surface area contributed by atoms with E-state index in [1.54, 1.807) is 48.5 Å². The second-order valence-electron chi connectivity index (χ2n) is 8.68. The van der Waals surface area contributed by atoms with Gasteiger partial charge in [-0.2, -0.15) is 5.26 Å². The first kappa shape index (κ1) is 24.7. The van der Waals surface area contributed by atoms with E-state index in [4.69, 9.17) is 10.00 Å². The monoisotopic (exact) mass is 489 g/mol. The molecule has 2 aliphatic heterocycles. The van der Waals surface area contributed by atoms with E-state index in [1.807, 2.05) is 6.07 Å². The summed E-state index contributed by atoms with van der Waals surface area (Å²) in [6.45, 7) is 0.904. The van der Waals surface area contributed by atoms with Gasteiger partial charge in [0.25, 0.3) is 11.8 Å². The summed E-state index contributed by atoms with van der Waals surface area (Å²) in [7, 11) is 1.53. The summed E-state index contributed by atoms with van der Waals surface area (Å²) in [6.07, 6.45) is 1.24. The molecule has 2 aliphatic rings. The molecule has 186 valence electrons. The third kappa shape index (κ3) is 5.30. The number of ether oxygens (including phenoxy) is 1. The van der Waals surface area contributed by atoms with Crippen molar-refractivity contribution < 1.29 is 23.9 Å². The molecule has 2 aromatic carbocycles. The van der Waals surface area contributed by atoms with Crippen LogP contribution >= 0.6 is 0 Å². The fourth-order valence-electron chi connectivity index (χ4n) is 4.38. The third-order valence-corrected chi connectivity index (χ3v) is 6.43. The molecule has 0 bridgehead atoms. The highest BCUT2D eigenvalue weighted by Gasteiger charge is 2.39. The maximum absolute atomic E-state index is 13.4. The SMILES string of the molecule is COc1ccc(C(=O)N2CCN(C(=O)c3ccc(C#N)cc3)C[C@@H]2C(=O)N[C@H]2CCCNC2=O)cc1. The summed E-state index contributed by atoms with van der Waals surface area (Å²) in [4.78, 5) is 55.1. The number of methoxy groups -OCH3 is 1. The van der Waals surface area contributed by atoms with Crippen LogP contribution in [-0.2, 0) is 9.59 Å². The number of amides is 4. The Morgan fingerprint density at radius 3 is 2.33 bits per heavy atom. The van der Waals surface area contributed by atoms with Gasteiger partial charge in [0, 0.05) is 30.8 Å². The van der Waals surface area contributed by atoms with Gasteiger partial charge in [0.15, 0.2) is 0 Å². The van der Waals surface area contributed by atoms with Gasteiger partial charge in [0.1, 0.15) is 17.8 Å². The first-order valence-corrected chi connectivity index (χ1v) is 11.7. The second-order valence-corrected chi connectivity index (χ2v) is 8.68. The Morgan fingerprint density at radius 2 is 1.69 bits per heavy atom. The zero-order valence-electron chi connectivity index (χ0n) is 19.9. The molecule has 2 fully saturated rings. The van der Waals surface area contributed by atoms with E-state index in [2.05, 4.69) is 10.6 Å². The van der Waals surface area contributed by atoms with Crippen molar-refractivity contribution in [3.63, 3.8) is 0 Å². The summed E-state index contributed by atoms with van der Waals surface area (Å²) in [6, 6.07) is 13.2. The van der Waals surface area contributed by atoms with Crippen LogP contribution in [0.1, 0.15) is 39.1 Å². The summed E-state index contributed by atoms with van der Waals surface area (Å²) in [5.74, 6) is -0.803. The van der Waals surface area contributed by atoms with E-state index >= 15 is 0 Å². The minimum absolute atomic E-state index is 0.0269. The molecule has 4 amide bonds. The number of nitriles is 1. The molecular weight excluding hydrogens is 462 g/mol. The number of piperidine rings is 1. The average Bonchev–Trinajstić information content (AvgIpc) is 2.93. The van der Waals surface area contributed by atoms with E-state index in [0.717, 1.165) is 6.42 Å². The predicted molar refractivity (Wildman–Crippen MR) is 129 cm³/mol. The van der Waals surface area contributed by atoms with Gasteiger partial charge in [-0.3, -0.25) is 19.2 Å². The zero-order valence-corrected chi connectivity index (χ0v) is 19.9. The van der Waals surface area contributed by atoms with E-state index in [1.165, 1.54) is 16.9 Å². The van der Waals surface area contributed by atoms with Gasteiger partial charge >= 0.3 is 0 Å². The second kappa shape index (κ2) is 10.9. The van der Waals surface area contributed by atoms with Crippen LogP contribution in [0.25, 0.3) is 0 Å². The highest BCUT2D eigenvalue weighted by molar-refractivity contribution is 6.00. The van der Waals surface area contributed by atoms with Crippen molar-refractivity contribution in [2.45, 2.75) is 24.9 Å². The highest BCUT2D eigenvalue weighted by atomic mass is 16.5. The van der Waals surface area contributed by atoms with Crippen molar-refractivity contribution >= 4 is 23.6 Å². The van der Waals surface area contributed by atoms with E-state index in [0.29, 0.717) is 35.4 Å². The molecule has 0 saturated carbocycles. The summed E-state index contributed by atoms with van der Waals surface area (Å²) >= 11 is 0. The largest absolute Gasteiger partial charge is 0.497 e. The molecule has 0 radical (unpaired) electrons. The molecule has 0 unspecified atom stereocenters. The molecular formula is C26H27N5O5. The minimum atomic E-state index is -0.981. The molecule has 0 aromatic heterocycles. The van der Waals surface area contributed by atoms with Gasteiger partial charge in [-0.15, -0.1) is 0 Å². The lowest BCUT2D eigenvalue weighted by Crippen LogP contribution is -2.63. The highest BCUT2D eigenvalue weighted by Crippen LogP contribution is 2.20. The Morgan fingerprint density at radius 1 is 1.03 bits per heavy atom. The first-order chi connectivity index (χ1) is 17.4. The molecule has 2 heterocycles. The number of carbonyl (C=O) groups is 4.